The van der Waals surface area contributed by atoms with Crippen LogP contribution in [-0.2, 0) is 4.74 Å². The van der Waals surface area contributed by atoms with Crippen LogP contribution in [0.4, 0.5) is 0 Å². The number of aromatic hydroxyl groups is 1. The average Bonchev–Trinajstić information content (AvgIpc) is 2.46. The van der Waals surface area contributed by atoms with Crippen molar-refractivity contribution >= 4 is 16.8 Å². The largest absolute Gasteiger partial charge is 0.508 e. The van der Waals surface area contributed by atoms with Gasteiger partial charge >= 0.3 is 5.63 Å². The van der Waals surface area contributed by atoms with Gasteiger partial charge in [0.15, 0.2) is 5.78 Å². The highest BCUT2D eigenvalue weighted by Gasteiger charge is 2.27. The number of hydrogen-bond acceptors (Lipinski definition) is 6. The molecule has 1 aliphatic heterocycles. The topological polar surface area (TPSA) is 88.8 Å². The summed E-state index contributed by atoms with van der Waals surface area (Å²) in [5.74, 6) is -0.363. The molecule has 0 saturated carbocycles. The molecule has 1 aromatic carbocycles. The molecule has 6 heteroatoms. The minimum absolute atomic E-state index is 0.00476. The molecule has 0 aliphatic carbocycles. The van der Waals surface area contributed by atoms with Crippen molar-refractivity contribution in [3.05, 3.63) is 39.7 Å². The fourth-order valence-electron chi connectivity index (χ4n) is 2.63. The number of nitrogens with one attached hydrogen (secondary N) is 1. The second-order valence-corrected chi connectivity index (χ2v) is 4.98. The molecule has 1 atom stereocenters. The average molecular weight is 289 g/mol. The number of fused-ring (bicyclic) bond motifs is 1. The van der Waals surface area contributed by atoms with E-state index in [9.17, 15) is 14.7 Å². The van der Waals surface area contributed by atoms with E-state index in [1.54, 1.807) is 6.07 Å². The quantitative estimate of drug-likeness (QED) is 0.641. The summed E-state index contributed by atoms with van der Waals surface area (Å²) in [5, 5.41) is 13.3. The first kappa shape index (κ1) is 13.8. The Morgan fingerprint density at radius 1 is 1.43 bits per heavy atom. The van der Waals surface area contributed by atoms with Crippen LogP contribution >= 0.6 is 0 Å². The number of Topliss-reactive ketones (excluding diaryl/α,β-unsaturated/α-hetero) is 1. The van der Waals surface area contributed by atoms with Crippen molar-refractivity contribution in [2.45, 2.75) is 13.0 Å². The molecule has 1 aliphatic rings. The maximum atomic E-state index is 12.1. The zero-order valence-electron chi connectivity index (χ0n) is 11.5. The zero-order chi connectivity index (χ0) is 15.0. The van der Waals surface area contributed by atoms with Crippen LogP contribution in [0.15, 0.2) is 27.4 Å². The van der Waals surface area contributed by atoms with Gasteiger partial charge in [0, 0.05) is 30.1 Å². The van der Waals surface area contributed by atoms with E-state index in [0.29, 0.717) is 24.1 Å². The summed E-state index contributed by atoms with van der Waals surface area (Å²) in [5.41, 5.74) is 0.0850. The molecule has 0 amide bonds. The zero-order valence-corrected chi connectivity index (χ0v) is 11.5. The minimum atomic E-state index is -0.704. The Kier molecular flexibility index (Phi) is 3.48. The Morgan fingerprint density at radius 3 is 2.90 bits per heavy atom. The fourth-order valence-corrected chi connectivity index (χ4v) is 2.63. The summed E-state index contributed by atoms with van der Waals surface area (Å²) >= 11 is 0. The van der Waals surface area contributed by atoms with Crippen molar-refractivity contribution in [3.8, 4) is 5.75 Å². The fraction of sp³-hybridized carbons (Fsp3) is 0.333. The lowest BCUT2D eigenvalue weighted by atomic mass is 9.96. The Hall–Kier alpha value is -2.18. The molecule has 21 heavy (non-hydrogen) atoms. The molecule has 0 spiro atoms. The molecule has 1 aromatic heterocycles. The van der Waals surface area contributed by atoms with Gasteiger partial charge in [0.25, 0.3) is 0 Å². The Morgan fingerprint density at radius 2 is 2.24 bits per heavy atom. The molecule has 0 radical (unpaired) electrons. The predicted molar refractivity (Wildman–Crippen MR) is 75.7 cm³/mol. The number of phenolic OH excluding ortho intramolecular Hbond substituents is 1. The summed E-state index contributed by atoms with van der Waals surface area (Å²) in [6, 6.07) is 4.49. The van der Waals surface area contributed by atoms with Crippen LogP contribution in [0, 0.1) is 0 Å². The summed E-state index contributed by atoms with van der Waals surface area (Å²) in [4.78, 5) is 24.0. The van der Waals surface area contributed by atoms with Gasteiger partial charge in [-0.25, -0.2) is 4.79 Å². The van der Waals surface area contributed by atoms with Crippen molar-refractivity contribution in [3.63, 3.8) is 0 Å². The Labute approximate surface area is 120 Å². The van der Waals surface area contributed by atoms with Gasteiger partial charge in [-0.1, -0.05) is 0 Å². The molecule has 3 rings (SSSR count). The van der Waals surface area contributed by atoms with E-state index in [4.69, 9.17) is 9.15 Å². The summed E-state index contributed by atoms with van der Waals surface area (Å²) in [6.07, 6.45) is -0.395. The van der Waals surface area contributed by atoms with Crippen molar-refractivity contribution in [1.82, 2.24) is 5.32 Å². The molecule has 2 heterocycles. The molecule has 6 nitrogen and oxygen atoms in total. The van der Waals surface area contributed by atoms with Gasteiger partial charge in [0.2, 0.25) is 0 Å². The summed E-state index contributed by atoms with van der Waals surface area (Å²) in [7, 11) is 0. The number of carbonyl (C=O) groups excluding carboxylic acids is 1. The van der Waals surface area contributed by atoms with E-state index >= 15 is 0 Å². The molecular weight excluding hydrogens is 274 g/mol. The Balaban J connectivity index is 2.33. The lowest BCUT2D eigenvalue weighted by molar-refractivity contribution is 0.0277. The van der Waals surface area contributed by atoms with Crippen LogP contribution < -0.4 is 10.9 Å². The highest BCUT2D eigenvalue weighted by molar-refractivity contribution is 5.99. The van der Waals surface area contributed by atoms with E-state index in [1.165, 1.54) is 19.1 Å². The number of phenols is 1. The SMILES string of the molecule is CC(=O)c1c(C2CNCCO2)c2ccc(O)cc2oc1=O. The number of benzene rings is 1. The minimum Gasteiger partial charge on any atom is -0.508 e. The molecule has 1 fully saturated rings. The number of rotatable bonds is 2. The lowest BCUT2D eigenvalue weighted by Gasteiger charge is -2.26. The van der Waals surface area contributed by atoms with Crippen LogP contribution in [0.2, 0.25) is 0 Å². The highest BCUT2D eigenvalue weighted by Crippen LogP contribution is 2.31. The highest BCUT2D eigenvalue weighted by atomic mass is 16.5. The van der Waals surface area contributed by atoms with Gasteiger partial charge in [-0.15, -0.1) is 0 Å². The number of ketones is 1. The van der Waals surface area contributed by atoms with E-state index < -0.39 is 11.7 Å². The standard InChI is InChI=1S/C15H15NO5/c1-8(17)13-14(12-7-16-4-5-20-12)10-3-2-9(18)6-11(10)21-15(13)19/h2-3,6,12,16,18H,4-5,7H2,1H3. The van der Waals surface area contributed by atoms with E-state index in [-0.39, 0.29) is 22.7 Å². The first-order valence-corrected chi connectivity index (χ1v) is 6.71. The third-order valence-electron chi connectivity index (χ3n) is 3.53. The maximum Gasteiger partial charge on any atom is 0.347 e. The third-order valence-corrected chi connectivity index (χ3v) is 3.53. The molecule has 1 saturated heterocycles. The molecule has 110 valence electrons. The lowest BCUT2D eigenvalue weighted by Crippen LogP contribution is -2.35. The van der Waals surface area contributed by atoms with Gasteiger partial charge in [0.1, 0.15) is 16.9 Å². The van der Waals surface area contributed by atoms with Crippen molar-refractivity contribution in [2.75, 3.05) is 19.7 Å². The van der Waals surface area contributed by atoms with Gasteiger partial charge in [-0.3, -0.25) is 4.79 Å². The maximum absolute atomic E-state index is 12.1. The Bertz CT molecular complexity index is 758. The van der Waals surface area contributed by atoms with Crippen LogP contribution in [-0.4, -0.2) is 30.6 Å². The number of hydrogen-bond donors (Lipinski definition) is 2. The van der Waals surface area contributed by atoms with Gasteiger partial charge in [0.05, 0.1) is 12.7 Å². The number of carbonyl (C=O) groups is 1. The smallest absolute Gasteiger partial charge is 0.347 e. The van der Waals surface area contributed by atoms with Crippen LogP contribution in [0.3, 0.4) is 0 Å². The number of morpholine rings is 1. The summed E-state index contributed by atoms with van der Waals surface area (Å²) < 4.78 is 10.8. The second kappa shape index (κ2) is 5.31. The molecule has 2 aromatic rings. The van der Waals surface area contributed by atoms with E-state index in [0.717, 1.165) is 6.54 Å². The van der Waals surface area contributed by atoms with E-state index in [2.05, 4.69) is 5.32 Å². The second-order valence-electron chi connectivity index (χ2n) is 4.98. The van der Waals surface area contributed by atoms with Crippen LogP contribution in [0.1, 0.15) is 28.9 Å². The summed E-state index contributed by atoms with van der Waals surface area (Å²) in [6.45, 7) is 3.08. The van der Waals surface area contributed by atoms with Crippen LogP contribution in [0.5, 0.6) is 5.75 Å². The van der Waals surface area contributed by atoms with Crippen molar-refractivity contribution in [2.24, 2.45) is 0 Å². The van der Waals surface area contributed by atoms with Crippen molar-refractivity contribution < 1.29 is 19.1 Å². The monoisotopic (exact) mass is 289 g/mol. The first-order chi connectivity index (χ1) is 10.1. The predicted octanol–water partition coefficient (Wildman–Crippen LogP) is 1.36. The van der Waals surface area contributed by atoms with Crippen molar-refractivity contribution in [1.29, 1.82) is 0 Å². The molecular formula is C15H15NO5. The molecule has 0 bridgehead atoms. The molecule has 1 unspecified atom stereocenters. The number of ether oxygens (including phenoxy) is 1. The van der Waals surface area contributed by atoms with Crippen LogP contribution in [0.25, 0.3) is 11.0 Å². The van der Waals surface area contributed by atoms with Gasteiger partial charge in [-0.05, 0) is 19.1 Å². The third kappa shape index (κ3) is 2.43. The van der Waals surface area contributed by atoms with E-state index in [1.807, 2.05) is 0 Å². The molecule has 2 N–H and O–H groups in total. The normalized spacial score (nSPS) is 18.8. The van der Waals surface area contributed by atoms with Gasteiger partial charge in [-0.2, -0.15) is 0 Å². The first-order valence-electron chi connectivity index (χ1n) is 6.71. The van der Waals surface area contributed by atoms with Gasteiger partial charge < -0.3 is 19.6 Å².